The Morgan fingerprint density at radius 1 is 1.75 bits per heavy atom. The lowest BCUT2D eigenvalue weighted by atomic mass is 10.3. The molecule has 0 saturated carbocycles. The fourth-order valence-corrected chi connectivity index (χ4v) is 0.465. The highest BCUT2D eigenvalue weighted by molar-refractivity contribution is 6.19. The summed E-state index contributed by atoms with van der Waals surface area (Å²) in [5.41, 5.74) is 0. The SMILES string of the molecule is CCC/C=C(/F)CCl. The average molecular weight is 137 g/mol. The van der Waals surface area contributed by atoms with Crippen molar-refractivity contribution in [2.45, 2.75) is 19.8 Å². The molecule has 0 heterocycles. The van der Waals surface area contributed by atoms with E-state index >= 15 is 0 Å². The Kier molecular flexibility index (Phi) is 5.08. The van der Waals surface area contributed by atoms with E-state index in [9.17, 15) is 4.39 Å². The number of allylic oxidation sites excluding steroid dienone is 2. The van der Waals surface area contributed by atoms with Gasteiger partial charge in [0.1, 0.15) is 5.83 Å². The molecule has 0 unspecified atom stereocenters. The second-order valence-corrected chi connectivity index (χ2v) is 1.84. The van der Waals surface area contributed by atoms with Crippen LogP contribution >= 0.6 is 11.6 Å². The van der Waals surface area contributed by atoms with Crippen LogP contribution in [-0.2, 0) is 0 Å². The molecular weight excluding hydrogens is 127 g/mol. The van der Waals surface area contributed by atoms with Crippen LogP contribution in [0, 0.1) is 0 Å². The summed E-state index contributed by atoms with van der Waals surface area (Å²) < 4.78 is 12.0. The maximum atomic E-state index is 12.0. The Balaban J connectivity index is 3.26. The minimum atomic E-state index is -0.214. The standard InChI is InChI=1S/C6H10ClF/c1-2-3-4-6(8)5-7/h4H,2-3,5H2,1H3/b6-4+. The quantitative estimate of drug-likeness (QED) is 0.524. The molecular formula is C6H10ClF. The summed E-state index contributed by atoms with van der Waals surface area (Å²) in [5.74, 6) is -0.200. The third-order valence-electron chi connectivity index (χ3n) is 0.782. The minimum absolute atomic E-state index is 0.0139. The number of alkyl halides is 1. The van der Waals surface area contributed by atoms with Gasteiger partial charge in [0.2, 0.25) is 0 Å². The summed E-state index contributed by atoms with van der Waals surface area (Å²) >= 11 is 5.14. The summed E-state index contributed by atoms with van der Waals surface area (Å²) in [7, 11) is 0. The molecule has 0 fully saturated rings. The molecule has 0 saturated heterocycles. The van der Waals surface area contributed by atoms with Crippen LogP contribution in [-0.4, -0.2) is 5.88 Å². The van der Waals surface area contributed by atoms with E-state index in [0.29, 0.717) is 0 Å². The second kappa shape index (κ2) is 5.10. The third-order valence-corrected chi connectivity index (χ3v) is 1.04. The lowest BCUT2D eigenvalue weighted by Gasteiger charge is -1.85. The van der Waals surface area contributed by atoms with E-state index < -0.39 is 0 Å². The first-order valence-electron chi connectivity index (χ1n) is 2.71. The Morgan fingerprint density at radius 2 is 2.38 bits per heavy atom. The number of hydrogen-bond acceptors (Lipinski definition) is 0. The van der Waals surface area contributed by atoms with E-state index in [1.807, 2.05) is 6.92 Å². The molecule has 0 aliphatic carbocycles. The van der Waals surface area contributed by atoms with Gasteiger partial charge in [0.05, 0.1) is 5.88 Å². The first-order chi connectivity index (χ1) is 3.81. The Labute approximate surface area is 54.3 Å². The summed E-state index contributed by atoms with van der Waals surface area (Å²) in [6, 6.07) is 0. The van der Waals surface area contributed by atoms with Crippen molar-refractivity contribution in [2.24, 2.45) is 0 Å². The lowest BCUT2D eigenvalue weighted by Crippen LogP contribution is -1.72. The monoisotopic (exact) mass is 136 g/mol. The summed E-state index contributed by atoms with van der Waals surface area (Å²) in [6.07, 6.45) is 3.29. The van der Waals surface area contributed by atoms with Crippen molar-refractivity contribution in [3.63, 3.8) is 0 Å². The van der Waals surface area contributed by atoms with Gasteiger partial charge in [-0.15, -0.1) is 11.6 Å². The molecule has 2 heteroatoms. The van der Waals surface area contributed by atoms with Gasteiger partial charge in [0.15, 0.2) is 0 Å². The molecule has 0 N–H and O–H groups in total. The first kappa shape index (κ1) is 7.96. The molecule has 0 spiro atoms. The van der Waals surface area contributed by atoms with Crippen LogP contribution in [0.25, 0.3) is 0 Å². The van der Waals surface area contributed by atoms with Gasteiger partial charge in [-0.05, 0) is 6.42 Å². The molecule has 48 valence electrons. The van der Waals surface area contributed by atoms with Gasteiger partial charge in [-0.3, -0.25) is 0 Å². The summed E-state index contributed by atoms with van der Waals surface area (Å²) in [6.45, 7) is 2.00. The molecule has 0 bridgehead atoms. The minimum Gasteiger partial charge on any atom is -0.211 e. The topological polar surface area (TPSA) is 0 Å². The van der Waals surface area contributed by atoms with Crippen molar-refractivity contribution in [3.05, 3.63) is 11.9 Å². The van der Waals surface area contributed by atoms with Crippen molar-refractivity contribution >= 4 is 11.6 Å². The van der Waals surface area contributed by atoms with Gasteiger partial charge in [-0.25, -0.2) is 4.39 Å². The Hall–Kier alpha value is -0.0400. The molecule has 0 atom stereocenters. The van der Waals surface area contributed by atoms with E-state index in [1.54, 1.807) is 0 Å². The Morgan fingerprint density at radius 3 is 2.75 bits per heavy atom. The molecule has 8 heavy (non-hydrogen) atoms. The smallest absolute Gasteiger partial charge is 0.111 e. The fraction of sp³-hybridized carbons (Fsp3) is 0.667. The predicted octanol–water partition coefficient (Wildman–Crippen LogP) is 2.88. The van der Waals surface area contributed by atoms with Crippen molar-refractivity contribution in [1.82, 2.24) is 0 Å². The van der Waals surface area contributed by atoms with E-state index in [0.717, 1.165) is 12.8 Å². The molecule has 0 rings (SSSR count). The zero-order valence-electron chi connectivity index (χ0n) is 4.95. The van der Waals surface area contributed by atoms with Crippen molar-refractivity contribution in [1.29, 1.82) is 0 Å². The van der Waals surface area contributed by atoms with Crippen LogP contribution in [0.2, 0.25) is 0 Å². The molecule has 0 aromatic rings. The maximum Gasteiger partial charge on any atom is 0.111 e. The van der Waals surface area contributed by atoms with Gasteiger partial charge in [0.25, 0.3) is 0 Å². The van der Waals surface area contributed by atoms with Gasteiger partial charge >= 0.3 is 0 Å². The zero-order chi connectivity index (χ0) is 6.41. The van der Waals surface area contributed by atoms with Gasteiger partial charge in [-0.2, -0.15) is 0 Å². The van der Waals surface area contributed by atoms with E-state index in [2.05, 4.69) is 0 Å². The number of unbranched alkanes of at least 4 members (excludes halogenated alkanes) is 1. The summed E-state index contributed by atoms with van der Waals surface area (Å²) in [4.78, 5) is 0. The molecule has 0 aliphatic heterocycles. The van der Waals surface area contributed by atoms with Crippen LogP contribution in [0.4, 0.5) is 4.39 Å². The molecule has 0 amide bonds. The zero-order valence-corrected chi connectivity index (χ0v) is 5.71. The fourth-order valence-electron chi connectivity index (χ4n) is 0.356. The molecule has 0 nitrogen and oxygen atoms in total. The highest BCUT2D eigenvalue weighted by Gasteiger charge is 1.86. The predicted molar refractivity (Wildman–Crippen MR) is 34.8 cm³/mol. The van der Waals surface area contributed by atoms with Gasteiger partial charge in [-0.1, -0.05) is 19.4 Å². The van der Waals surface area contributed by atoms with Crippen LogP contribution in [0.3, 0.4) is 0 Å². The van der Waals surface area contributed by atoms with Gasteiger partial charge < -0.3 is 0 Å². The Bertz CT molecular complexity index is 78.6. The van der Waals surface area contributed by atoms with Crippen molar-refractivity contribution in [2.75, 3.05) is 5.88 Å². The van der Waals surface area contributed by atoms with Gasteiger partial charge in [0, 0.05) is 0 Å². The number of hydrogen-bond donors (Lipinski definition) is 0. The van der Waals surface area contributed by atoms with Crippen LogP contribution in [0.5, 0.6) is 0 Å². The highest BCUT2D eigenvalue weighted by Crippen LogP contribution is 2.01. The second-order valence-electron chi connectivity index (χ2n) is 1.57. The average Bonchev–Trinajstić information content (AvgIpc) is 1.83. The molecule has 0 radical (unpaired) electrons. The summed E-state index contributed by atoms with van der Waals surface area (Å²) in [5, 5.41) is 0. The largest absolute Gasteiger partial charge is 0.211 e. The molecule has 0 aromatic heterocycles. The maximum absolute atomic E-state index is 12.0. The van der Waals surface area contributed by atoms with Crippen LogP contribution < -0.4 is 0 Å². The third kappa shape index (κ3) is 4.13. The van der Waals surface area contributed by atoms with E-state index in [4.69, 9.17) is 11.6 Å². The lowest BCUT2D eigenvalue weighted by molar-refractivity contribution is 0.634. The number of halogens is 2. The molecule has 0 aromatic carbocycles. The normalized spacial score (nSPS) is 12.1. The van der Waals surface area contributed by atoms with Crippen molar-refractivity contribution < 1.29 is 4.39 Å². The number of rotatable bonds is 3. The van der Waals surface area contributed by atoms with Crippen LogP contribution in [0.15, 0.2) is 11.9 Å². The van der Waals surface area contributed by atoms with Crippen LogP contribution in [0.1, 0.15) is 19.8 Å². The van der Waals surface area contributed by atoms with E-state index in [-0.39, 0.29) is 11.7 Å². The van der Waals surface area contributed by atoms with Crippen molar-refractivity contribution in [3.8, 4) is 0 Å². The first-order valence-corrected chi connectivity index (χ1v) is 3.25. The van der Waals surface area contributed by atoms with E-state index in [1.165, 1.54) is 6.08 Å². The highest BCUT2D eigenvalue weighted by atomic mass is 35.5. The molecule has 0 aliphatic rings.